The van der Waals surface area contributed by atoms with Gasteiger partial charge in [0.15, 0.2) is 0 Å². The molecule has 1 N–H and O–H groups in total. The fourth-order valence-electron chi connectivity index (χ4n) is 2.88. The van der Waals surface area contributed by atoms with E-state index in [-0.39, 0.29) is 0 Å². The molecule has 100 valence electrons. The molecule has 1 aromatic rings. The molecule has 0 spiro atoms. The Balaban J connectivity index is 2.34. The molecule has 1 aromatic carbocycles. The summed E-state index contributed by atoms with van der Waals surface area (Å²) < 4.78 is 0. The fourth-order valence-corrected chi connectivity index (χ4v) is 2.88. The van der Waals surface area contributed by atoms with Gasteiger partial charge >= 0.3 is 0 Å². The molecule has 0 unspecified atom stereocenters. The third-order valence-corrected chi connectivity index (χ3v) is 3.92. The zero-order chi connectivity index (χ0) is 13.8. The molecule has 0 saturated heterocycles. The summed E-state index contributed by atoms with van der Waals surface area (Å²) in [6, 6.07) is 6.98. The molecule has 0 aromatic heterocycles. The third-order valence-electron chi connectivity index (χ3n) is 3.92. The van der Waals surface area contributed by atoms with Crippen molar-refractivity contribution in [1.82, 2.24) is 0 Å². The molecule has 1 saturated carbocycles. The van der Waals surface area contributed by atoms with Crippen LogP contribution < -0.4 is 5.32 Å². The topological polar surface area (TPSA) is 35.8 Å². The van der Waals surface area contributed by atoms with Gasteiger partial charge in [-0.15, -0.1) is 0 Å². The minimum Gasteiger partial charge on any atom is -0.382 e. The molecule has 1 aliphatic rings. The summed E-state index contributed by atoms with van der Waals surface area (Å²) in [5, 5.41) is 13.0. The van der Waals surface area contributed by atoms with Gasteiger partial charge in [-0.2, -0.15) is 5.26 Å². The number of nitrogens with one attached hydrogen (secondary N) is 1. The molecule has 1 aliphatic carbocycles. The predicted octanol–water partition coefficient (Wildman–Crippen LogP) is 4.64. The summed E-state index contributed by atoms with van der Waals surface area (Å²) in [6.45, 7) is 7.99. The third kappa shape index (κ3) is 2.98. The summed E-state index contributed by atoms with van der Waals surface area (Å²) in [5.41, 5.74) is 4.80. The molecule has 19 heavy (non-hydrogen) atoms. The van der Waals surface area contributed by atoms with Crippen molar-refractivity contribution in [2.75, 3.05) is 5.32 Å². The average molecular weight is 254 g/mol. The molecule has 1 fully saturated rings. The maximum atomic E-state index is 9.36. The lowest BCUT2D eigenvalue weighted by atomic mass is 9.92. The van der Waals surface area contributed by atoms with Crippen LogP contribution in [-0.2, 0) is 0 Å². The van der Waals surface area contributed by atoms with Gasteiger partial charge in [0, 0.05) is 17.3 Å². The monoisotopic (exact) mass is 254 g/mol. The zero-order valence-electron chi connectivity index (χ0n) is 11.9. The Hall–Kier alpha value is -1.75. The van der Waals surface area contributed by atoms with Crippen molar-refractivity contribution in [3.63, 3.8) is 0 Å². The molecule has 2 heteroatoms. The second kappa shape index (κ2) is 5.93. The summed E-state index contributed by atoms with van der Waals surface area (Å²) in [6.07, 6.45) is 6.41. The van der Waals surface area contributed by atoms with Crippen LogP contribution in [0.5, 0.6) is 0 Å². The van der Waals surface area contributed by atoms with Crippen LogP contribution in [0.25, 0.3) is 5.57 Å². The molecule has 0 amide bonds. The van der Waals surface area contributed by atoms with E-state index in [9.17, 15) is 5.26 Å². The summed E-state index contributed by atoms with van der Waals surface area (Å²) in [5.74, 6) is 0. The highest BCUT2D eigenvalue weighted by Crippen LogP contribution is 2.31. The van der Waals surface area contributed by atoms with E-state index in [0.29, 0.717) is 6.04 Å². The molecule has 0 atom stereocenters. The average Bonchev–Trinajstić information content (AvgIpc) is 2.41. The Morgan fingerprint density at radius 3 is 2.58 bits per heavy atom. The zero-order valence-corrected chi connectivity index (χ0v) is 11.9. The number of rotatable bonds is 3. The minimum absolute atomic E-state index is 0.543. The summed E-state index contributed by atoms with van der Waals surface area (Å²) in [7, 11) is 0. The van der Waals surface area contributed by atoms with Crippen molar-refractivity contribution >= 4 is 11.3 Å². The number of aryl methyl sites for hydroxylation is 1. The lowest BCUT2D eigenvalue weighted by Crippen LogP contribution is -2.23. The number of hydrogen-bond acceptors (Lipinski definition) is 2. The van der Waals surface area contributed by atoms with E-state index in [2.05, 4.69) is 24.0 Å². The number of nitrogens with zero attached hydrogens (tertiary/aromatic N) is 1. The van der Waals surface area contributed by atoms with Crippen molar-refractivity contribution < 1.29 is 0 Å². The maximum Gasteiger partial charge on any atom is 0.100 e. The Labute approximate surface area is 116 Å². The van der Waals surface area contributed by atoms with E-state index in [4.69, 9.17) is 0 Å². The predicted molar refractivity (Wildman–Crippen MR) is 81.1 cm³/mol. The van der Waals surface area contributed by atoms with Crippen LogP contribution in [0.15, 0.2) is 18.7 Å². The van der Waals surface area contributed by atoms with Crippen LogP contribution in [0.1, 0.15) is 55.7 Å². The van der Waals surface area contributed by atoms with Gasteiger partial charge < -0.3 is 5.32 Å². The molecule has 0 aliphatic heterocycles. The van der Waals surface area contributed by atoms with E-state index in [1.54, 1.807) is 0 Å². The second-order valence-electron chi connectivity index (χ2n) is 5.55. The van der Waals surface area contributed by atoms with Crippen LogP contribution >= 0.6 is 0 Å². The second-order valence-corrected chi connectivity index (χ2v) is 5.55. The maximum absolute atomic E-state index is 9.36. The first-order valence-electron chi connectivity index (χ1n) is 7.09. The van der Waals surface area contributed by atoms with Gasteiger partial charge in [0.1, 0.15) is 6.07 Å². The van der Waals surface area contributed by atoms with Crippen molar-refractivity contribution in [3.8, 4) is 6.07 Å². The van der Waals surface area contributed by atoms with Crippen molar-refractivity contribution in [3.05, 3.63) is 35.4 Å². The largest absolute Gasteiger partial charge is 0.382 e. The Bertz CT molecular complexity index is 517. The molecule has 0 bridgehead atoms. The number of allylic oxidation sites excluding steroid dienone is 1. The van der Waals surface area contributed by atoms with Crippen LogP contribution in [-0.4, -0.2) is 6.04 Å². The van der Waals surface area contributed by atoms with Crippen molar-refractivity contribution in [2.24, 2.45) is 0 Å². The quantitative estimate of drug-likeness (QED) is 0.852. The number of hydrogen-bond donors (Lipinski definition) is 1. The molecule has 0 heterocycles. The Kier molecular flexibility index (Phi) is 4.27. The molecule has 2 nitrogen and oxygen atoms in total. The van der Waals surface area contributed by atoms with E-state index in [0.717, 1.165) is 28.0 Å². The standard InChI is InChI=1S/C17H22N2/c1-12(2)17-15(11-18)13(3)9-10-16(17)19-14-7-5-4-6-8-14/h9-10,14,19H,1,4-8H2,2-3H3. The van der Waals surface area contributed by atoms with Crippen LogP contribution in [0, 0.1) is 18.3 Å². The summed E-state index contributed by atoms with van der Waals surface area (Å²) in [4.78, 5) is 0. The summed E-state index contributed by atoms with van der Waals surface area (Å²) >= 11 is 0. The van der Waals surface area contributed by atoms with Gasteiger partial charge in [-0.25, -0.2) is 0 Å². The Morgan fingerprint density at radius 1 is 1.32 bits per heavy atom. The number of benzene rings is 1. The van der Waals surface area contributed by atoms with E-state index < -0.39 is 0 Å². The van der Waals surface area contributed by atoms with Crippen molar-refractivity contribution in [2.45, 2.75) is 52.0 Å². The van der Waals surface area contributed by atoms with Crippen molar-refractivity contribution in [1.29, 1.82) is 5.26 Å². The smallest absolute Gasteiger partial charge is 0.100 e. The van der Waals surface area contributed by atoms with Gasteiger partial charge in [-0.3, -0.25) is 0 Å². The highest BCUT2D eigenvalue weighted by atomic mass is 14.9. The van der Waals surface area contributed by atoms with E-state index in [1.165, 1.54) is 32.1 Å². The normalized spacial score (nSPS) is 15.8. The van der Waals surface area contributed by atoms with Gasteiger partial charge in [0.25, 0.3) is 0 Å². The van der Waals surface area contributed by atoms with E-state index >= 15 is 0 Å². The SMILES string of the molecule is C=C(C)c1c(NC2CCCCC2)ccc(C)c1C#N. The van der Waals surface area contributed by atoms with Crippen LogP contribution in [0.2, 0.25) is 0 Å². The highest BCUT2D eigenvalue weighted by Gasteiger charge is 2.17. The molecule has 0 radical (unpaired) electrons. The van der Waals surface area contributed by atoms with Gasteiger partial charge in [0.05, 0.1) is 5.56 Å². The molecular formula is C17H22N2. The van der Waals surface area contributed by atoms with E-state index in [1.807, 2.05) is 19.9 Å². The van der Waals surface area contributed by atoms with Gasteiger partial charge in [-0.05, 0) is 43.9 Å². The van der Waals surface area contributed by atoms with Crippen LogP contribution in [0.3, 0.4) is 0 Å². The first-order chi connectivity index (χ1) is 9.13. The first-order valence-corrected chi connectivity index (χ1v) is 7.09. The number of anilines is 1. The van der Waals surface area contributed by atoms with Gasteiger partial charge in [-0.1, -0.05) is 31.9 Å². The minimum atomic E-state index is 0.543. The van der Waals surface area contributed by atoms with Crippen LogP contribution in [0.4, 0.5) is 5.69 Å². The highest BCUT2D eigenvalue weighted by molar-refractivity contribution is 5.79. The fraction of sp³-hybridized carbons (Fsp3) is 0.471. The van der Waals surface area contributed by atoms with Gasteiger partial charge in [0.2, 0.25) is 0 Å². The lowest BCUT2D eigenvalue weighted by Gasteiger charge is -2.26. The molecule has 2 rings (SSSR count). The lowest BCUT2D eigenvalue weighted by molar-refractivity contribution is 0.462. The Morgan fingerprint density at radius 2 is 2.00 bits per heavy atom. The number of nitriles is 1. The first kappa shape index (κ1) is 13.7. The molecular weight excluding hydrogens is 232 g/mol.